The normalized spacial score (nSPS) is 21.8. The molecule has 1 saturated heterocycles. The van der Waals surface area contributed by atoms with Crippen molar-refractivity contribution in [2.24, 2.45) is 9.78 Å². The van der Waals surface area contributed by atoms with Gasteiger partial charge in [-0.3, -0.25) is 0 Å². The van der Waals surface area contributed by atoms with Crippen LogP contribution >= 0.6 is 15.9 Å². The number of anilines is 1. The summed E-state index contributed by atoms with van der Waals surface area (Å²) in [6.07, 6.45) is 5.33. The molecule has 162 valence electrons. The molecule has 30 heavy (non-hydrogen) atoms. The summed E-state index contributed by atoms with van der Waals surface area (Å²) in [7, 11) is -1.17. The molecule has 1 unspecified atom stereocenters. The number of rotatable bonds is 3. The van der Waals surface area contributed by atoms with E-state index in [1.165, 1.54) is 22.4 Å². The zero-order valence-corrected chi connectivity index (χ0v) is 20.7. The predicted molar refractivity (Wildman–Crippen MR) is 129 cm³/mol. The number of nitrogens with zero attached hydrogens (tertiary/aromatic N) is 3. The van der Waals surface area contributed by atoms with Crippen LogP contribution in [0.2, 0.25) is 0 Å². The SMILES string of the molecule is Cc1cc(N2CCC3(CC2)Cc2ccccc2C3CN=[S-](=O)C(C)(C)C)cnc1Br. The van der Waals surface area contributed by atoms with Crippen LogP contribution in [0, 0.1) is 12.3 Å². The van der Waals surface area contributed by atoms with Crippen LogP contribution in [0.3, 0.4) is 0 Å². The number of hydrogen-bond donors (Lipinski definition) is 0. The average molecular weight is 490 g/mol. The van der Waals surface area contributed by atoms with Gasteiger partial charge in [0.05, 0.1) is 11.9 Å². The maximum atomic E-state index is 12.6. The highest BCUT2D eigenvalue weighted by Crippen LogP contribution is 2.53. The van der Waals surface area contributed by atoms with Crippen molar-refractivity contribution < 1.29 is 4.21 Å². The van der Waals surface area contributed by atoms with Gasteiger partial charge in [0, 0.05) is 25.6 Å². The van der Waals surface area contributed by atoms with Gasteiger partial charge in [0.15, 0.2) is 0 Å². The first-order valence-electron chi connectivity index (χ1n) is 10.7. The fourth-order valence-electron chi connectivity index (χ4n) is 4.95. The minimum Gasteiger partial charge on any atom is -0.444 e. The number of piperidine rings is 1. The number of halogens is 1. The summed E-state index contributed by atoms with van der Waals surface area (Å²) in [6, 6.07) is 11.0. The molecule has 0 N–H and O–H groups in total. The monoisotopic (exact) mass is 488 g/mol. The first-order chi connectivity index (χ1) is 14.2. The Morgan fingerprint density at radius 2 is 1.97 bits per heavy atom. The number of benzene rings is 1. The molecule has 1 aromatic carbocycles. The van der Waals surface area contributed by atoms with E-state index < -0.39 is 10.6 Å². The minimum absolute atomic E-state index is 0.212. The van der Waals surface area contributed by atoms with Gasteiger partial charge in [-0.25, -0.2) is 4.98 Å². The van der Waals surface area contributed by atoms with E-state index in [-0.39, 0.29) is 10.2 Å². The van der Waals surface area contributed by atoms with Crippen LogP contribution in [0.4, 0.5) is 5.69 Å². The highest BCUT2D eigenvalue weighted by molar-refractivity contribution is 9.10. The Morgan fingerprint density at radius 3 is 2.63 bits per heavy atom. The standard InChI is InChI=1S/C24H31BrN3OS/c1-17-13-19(15-26-22(17)25)28-11-9-24(10-12-28)14-18-7-5-6-8-20(18)21(24)16-27-30(29)23(2,3)4/h5-8,13,15,21H,9-12,14,16H2,1-4H3/q-1. The Bertz CT molecular complexity index is 1020. The van der Waals surface area contributed by atoms with Gasteiger partial charge >= 0.3 is 0 Å². The number of fused-ring (bicyclic) bond motifs is 1. The Morgan fingerprint density at radius 1 is 1.27 bits per heavy atom. The van der Waals surface area contributed by atoms with Crippen molar-refractivity contribution in [3.63, 3.8) is 0 Å². The lowest BCUT2D eigenvalue weighted by Crippen LogP contribution is -2.43. The highest BCUT2D eigenvalue weighted by Gasteiger charge is 2.47. The summed E-state index contributed by atoms with van der Waals surface area (Å²) in [4.78, 5) is 6.95. The largest absolute Gasteiger partial charge is 0.444 e. The van der Waals surface area contributed by atoms with Gasteiger partial charge in [0.2, 0.25) is 0 Å². The lowest BCUT2D eigenvalue weighted by Gasteiger charge is -2.44. The lowest BCUT2D eigenvalue weighted by atomic mass is 9.69. The molecule has 1 aromatic heterocycles. The smallest absolute Gasteiger partial charge is 0.109 e. The van der Waals surface area contributed by atoms with Crippen LogP contribution in [-0.4, -0.2) is 29.4 Å². The second-order valence-electron chi connectivity index (χ2n) is 9.75. The third-order valence-electron chi connectivity index (χ3n) is 6.73. The van der Waals surface area contributed by atoms with Crippen molar-refractivity contribution in [3.8, 4) is 0 Å². The van der Waals surface area contributed by atoms with E-state index in [1.54, 1.807) is 0 Å². The quantitative estimate of drug-likeness (QED) is 0.391. The van der Waals surface area contributed by atoms with Crippen LogP contribution in [0.25, 0.3) is 0 Å². The number of hydrogen-bond acceptors (Lipinski definition) is 5. The van der Waals surface area contributed by atoms with E-state index in [9.17, 15) is 4.21 Å². The van der Waals surface area contributed by atoms with Gasteiger partial charge < -0.3 is 13.5 Å². The number of pyridine rings is 1. The Labute approximate surface area is 190 Å². The first-order valence-corrected chi connectivity index (χ1v) is 12.6. The molecule has 0 amide bonds. The van der Waals surface area contributed by atoms with E-state index in [0.29, 0.717) is 12.5 Å². The molecular weight excluding hydrogens is 458 g/mol. The Hall–Kier alpha value is -1.40. The van der Waals surface area contributed by atoms with Gasteiger partial charge in [0.1, 0.15) is 4.60 Å². The van der Waals surface area contributed by atoms with Gasteiger partial charge in [0.25, 0.3) is 0 Å². The van der Waals surface area contributed by atoms with E-state index in [2.05, 4.69) is 67.4 Å². The van der Waals surface area contributed by atoms with Crippen molar-refractivity contribution in [2.45, 2.75) is 57.6 Å². The zero-order valence-electron chi connectivity index (χ0n) is 18.3. The van der Waals surface area contributed by atoms with Crippen molar-refractivity contribution in [1.29, 1.82) is 0 Å². The lowest BCUT2D eigenvalue weighted by molar-refractivity contribution is 0.188. The zero-order chi connectivity index (χ0) is 21.5. The van der Waals surface area contributed by atoms with Gasteiger partial charge in [-0.15, -0.1) is 0 Å². The summed E-state index contributed by atoms with van der Waals surface area (Å²) < 4.78 is 17.9. The Balaban J connectivity index is 1.58. The molecule has 0 saturated carbocycles. The van der Waals surface area contributed by atoms with E-state index in [4.69, 9.17) is 0 Å². The maximum absolute atomic E-state index is 12.6. The third kappa shape index (κ3) is 4.18. The van der Waals surface area contributed by atoms with E-state index >= 15 is 0 Å². The third-order valence-corrected chi connectivity index (χ3v) is 9.00. The molecule has 6 heteroatoms. The molecule has 1 fully saturated rings. The van der Waals surface area contributed by atoms with E-state index in [1.807, 2.05) is 27.0 Å². The van der Waals surface area contributed by atoms with Crippen LogP contribution < -0.4 is 4.90 Å². The van der Waals surface area contributed by atoms with Gasteiger partial charge in [-0.05, 0) is 70.3 Å². The van der Waals surface area contributed by atoms with Crippen LogP contribution in [0.5, 0.6) is 0 Å². The van der Waals surface area contributed by atoms with Crippen molar-refractivity contribution in [1.82, 2.24) is 4.98 Å². The number of aromatic nitrogens is 1. The van der Waals surface area contributed by atoms with Crippen LogP contribution in [0.1, 0.15) is 56.2 Å². The molecule has 2 aromatic rings. The second kappa shape index (κ2) is 8.27. The van der Waals surface area contributed by atoms with Crippen molar-refractivity contribution in [3.05, 3.63) is 57.8 Å². The summed E-state index contributed by atoms with van der Waals surface area (Å²) in [5.74, 6) is 0.354. The fourth-order valence-corrected chi connectivity index (χ4v) is 5.84. The Kier molecular flexibility index (Phi) is 6.01. The average Bonchev–Trinajstić information content (AvgIpc) is 3.00. The molecule has 4 rings (SSSR count). The molecule has 1 aliphatic heterocycles. The first kappa shape index (κ1) is 21.8. The van der Waals surface area contributed by atoms with E-state index in [0.717, 1.165) is 37.0 Å². The van der Waals surface area contributed by atoms with Crippen molar-refractivity contribution in [2.75, 3.05) is 24.5 Å². The topological polar surface area (TPSA) is 45.6 Å². The molecule has 2 heterocycles. The summed E-state index contributed by atoms with van der Waals surface area (Å²) >= 11 is 3.50. The molecule has 4 nitrogen and oxygen atoms in total. The molecule has 2 aliphatic rings. The molecule has 1 aliphatic carbocycles. The van der Waals surface area contributed by atoms with Gasteiger partial charge in [-0.2, -0.15) is 10.6 Å². The van der Waals surface area contributed by atoms with Crippen LogP contribution in [-0.2, 0) is 21.2 Å². The van der Waals surface area contributed by atoms with Crippen LogP contribution in [0.15, 0.2) is 45.5 Å². The fraction of sp³-hybridized carbons (Fsp3) is 0.542. The minimum atomic E-state index is -1.17. The molecule has 1 spiro atoms. The van der Waals surface area contributed by atoms with Gasteiger partial charge in [-0.1, -0.05) is 49.8 Å². The summed E-state index contributed by atoms with van der Waals surface area (Å²) in [5.41, 5.74) is 5.46. The predicted octanol–water partition coefficient (Wildman–Crippen LogP) is 6.02. The molecule has 1 atom stereocenters. The molecular formula is C24H31BrN3OS-. The molecule has 0 bridgehead atoms. The number of aryl methyl sites for hydroxylation is 1. The van der Waals surface area contributed by atoms with Crippen molar-refractivity contribution >= 4 is 32.2 Å². The molecule has 0 radical (unpaired) electrons. The highest BCUT2D eigenvalue weighted by atomic mass is 79.9. The summed E-state index contributed by atoms with van der Waals surface area (Å²) in [6.45, 7) is 10.8. The second-order valence-corrected chi connectivity index (χ2v) is 12.5. The summed E-state index contributed by atoms with van der Waals surface area (Å²) in [5, 5.41) is 0. The maximum Gasteiger partial charge on any atom is 0.109 e.